The molecule has 0 aliphatic heterocycles. The molecule has 1 atom stereocenters. The van der Waals surface area contributed by atoms with Crippen LogP contribution >= 0.6 is 11.8 Å². The Balaban J connectivity index is 2.78. The second-order valence-electron chi connectivity index (χ2n) is 2.03. The average Bonchev–Trinajstić information content (AvgIpc) is 2.34. The lowest BCUT2D eigenvalue weighted by atomic mass is 10.3. The Hall–Kier alpha value is -0.480. The van der Waals surface area contributed by atoms with Crippen molar-refractivity contribution in [3.05, 3.63) is 12.0 Å². The van der Waals surface area contributed by atoms with Gasteiger partial charge < -0.3 is 10.2 Å². The van der Waals surface area contributed by atoms with Crippen LogP contribution in [0, 0.1) is 0 Å². The summed E-state index contributed by atoms with van der Waals surface area (Å²) in [6.07, 6.45) is 3.51. The average molecular weight is 158 g/mol. The van der Waals surface area contributed by atoms with Gasteiger partial charge in [-0.1, -0.05) is 11.8 Å². The molecule has 0 bridgehead atoms. The highest BCUT2D eigenvalue weighted by molar-refractivity contribution is 7.98. The quantitative estimate of drug-likeness (QED) is 0.661. The maximum Gasteiger partial charge on any atom is 0.255 e. The van der Waals surface area contributed by atoms with Crippen molar-refractivity contribution in [1.82, 2.24) is 4.98 Å². The molecule has 56 valence electrons. The lowest BCUT2D eigenvalue weighted by molar-refractivity contribution is 0.454. The monoisotopic (exact) mass is 158 g/mol. The van der Waals surface area contributed by atoms with Gasteiger partial charge in [-0.15, -0.1) is 0 Å². The first kappa shape index (κ1) is 7.63. The number of hydrogen-bond acceptors (Lipinski definition) is 4. The van der Waals surface area contributed by atoms with Gasteiger partial charge in [0.2, 0.25) is 0 Å². The van der Waals surface area contributed by atoms with Crippen LogP contribution in [-0.4, -0.2) is 11.2 Å². The van der Waals surface area contributed by atoms with Crippen LogP contribution in [-0.2, 0) is 0 Å². The van der Waals surface area contributed by atoms with Crippen molar-refractivity contribution in [3.63, 3.8) is 0 Å². The zero-order chi connectivity index (χ0) is 7.56. The van der Waals surface area contributed by atoms with E-state index in [1.807, 2.05) is 13.2 Å². The van der Waals surface area contributed by atoms with E-state index < -0.39 is 0 Å². The van der Waals surface area contributed by atoms with Crippen molar-refractivity contribution in [1.29, 1.82) is 0 Å². The minimum absolute atomic E-state index is 0.0374. The molecular formula is C6H10N2OS. The lowest BCUT2D eigenvalue weighted by Crippen LogP contribution is -2.04. The van der Waals surface area contributed by atoms with Crippen LogP contribution in [0.1, 0.15) is 18.7 Å². The van der Waals surface area contributed by atoms with Crippen molar-refractivity contribution in [2.75, 3.05) is 6.26 Å². The van der Waals surface area contributed by atoms with Crippen LogP contribution in [0.5, 0.6) is 0 Å². The van der Waals surface area contributed by atoms with E-state index >= 15 is 0 Å². The summed E-state index contributed by atoms with van der Waals surface area (Å²) in [4.78, 5) is 4.10. The van der Waals surface area contributed by atoms with Gasteiger partial charge in [0.15, 0.2) is 0 Å². The molecule has 2 N–H and O–H groups in total. The summed E-state index contributed by atoms with van der Waals surface area (Å²) >= 11 is 1.47. The third-order valence-electron chi connectivity index (χ3n) is 1.14. The molecule has 0 amide bonds. The molecule has 1 rings (SSSR count). The van der Waals surface area contributed by atoms with Gasteiger partial charge in [0.25, 0.3) is 5.22 Å². The number of rotatable bonds is 2. The number of oxazole rings is 1. The standard InChI is InChI=1S/C6H10N2OS/c1-4(7)5-3-9-6(8-5)10-2/h3-4H,7H2,1-2H3/t4-/m0/s1. The molecule has 0 spiro atoms. The summed E-state index contributed by atoms with van der Waals surface area (Å²) in [6.45, 7) is 1.88. The molecule has 0 saturated heterocycles. The van der Waals surface area contributed by atoms with E-state index in [9.17, 15) is 0 Å². The van der Waals surface area contributed by atoms with Crippen molar-refractivity contribution in [2.45, 2.75) is 18.2 Å². The van der Waals surface area contributed by atoms with Gasteiger partial charge in [-0.3, -0.25) is 0 Å². The van der Waals surface area contributed by atoms with Crippen molar-refractivity contribution in [2.24, 2.45) is 5.73 Å². The Kier molecular flexibility index (Phi) is 2.34. The highest BCUT2D eigenvalue weighted by atomic mass is 32.2. The number of hydrogen-bond donors (Lipinski definition) is 1. The van der Waals surface area contributed by atoms with E-state index in [1.165, 1.54) is 11.8 Å². The summed E-state index contributed by atoms with van der Waals surface area (Å²) in [5, 5.41) is 0.673. The SMILES string of the molecule is CSc1nc([C@H](C)N)co1. The van der Waals surface area contributed by atoms with Gasteiger partial charge in [-0.25, -0.2) is 4.98 Å². The number of nitrogens with two attached hydrogens (primary N) is 1. The van der Waals surface area contributed by atoms with E-state index in [4.69, 9.17) is 10.2 Å². The van der Waals surface area contributed by atoms with Crippen LogP contribution < -0.4 is 5.73 Å². The third-order valence-corrected chi connectivity index (χ3v) is 1.68. The topological polar surface area (TPSA) is 52.0 Å². The third kappa shape index (κ3) is 1.52. The lowest BCUT2D eigenvalue weighted by Gasteiger charge is -1.94. The van der Waals surface area contributed by atoms with E-state index in [2.05, 4.69) is 4.98 Å². The van der Waals surface area contributed by atoms with Gasteiger partial charge in [-0.05, 0) is 13.2 Å². The molecule has 1 heterocycles. The molecular weight excluding hydrogens is 148 g/mol. The van der Waals surface area contributed by atoms with E-state index in [0.29, 0.717) is 5.22 Å². The highest BCUT2D eigenvalue weighted by Crippen LogP contribution is 2.16. The number of aromatic nitrogens is 1. The predicted molar refractivity (Wildman–Crippen MR) is 40.9 cm³/mol. The Morgan fingerprint density at radius 1 is 1.80 bits per heavy atom. The maximum atomic E-state index is 5.55. The molecule has 1 aromatic rings. The van der Waals surface area contributed by atoms with Gasteiger partial charge in [0.1, 0.15) is 6.26 Å². The summed E-state index contributed by atoms with van der Waals surface area (Å²) in [6, 6.07) is -0.0374. The fraction of sp³-hybridized carbons (Fsp3) is 0.500. The van der Waals surface area contributed by atoms with Crippen LogP contribution in [0.15, 0.2) is 15.9 Å². The first-order valence-electron chi connectivity index (χ1n) is 2.99. The van der Waals surface area contributed by atoms with Crippen molar-refractivity contribution < 1.29 is 4.42 Å². The van der Waals surface area contributed by atoms with Gasteiger partial charge in [-0.2, -0.15) is 0 Å². The van der Waals surface area contributed by atoms with Crippen LogP contribution in [0.4, 0.5) is 0 Å². The minimum atomic E-state index is -0.0374. The fourth-order valence-electron chi connectivity index (χ4n) is 0.572. The van der Waals surface area contributed by atoms with Crippen molar-refractivity contribution in [3.8, 4) is 0 Å². The summed E-state index contributed by atoms with van der Waals surface area (Å²) < 4.78 is 5.05. The predicted octanol–water partition coefficient (Wildman–Crippen LogP) is 1.42. The largest absolute Gasteiger partial charge is 0.440 e. The first-order chi connectivity index (χ1) is 4.74. The molecule has 0 aromatic carbocycles. The molecule has 1 aromatic heterocycles. The van der Waals surface area contributed by atoms with E-state index in [-0.39, 0.29) is 6.04 Å². The molecule has 0 fully saturated rings. The van der Waals surface area contributed by atoms with Crippen molar-refractivity contribution >= 4 is 11.8 Å². The van der Waals surface area contributed by atoms with Gasteiger partial charge in [0.05, 0.1) is 5.69 Å². The minimum Gasteiger partial charge on any atom is -0.440 e. The normalized spacial score (nSPS) is 13.5. The Morgan fingerprint density at radius 2 is 2.50 bits per heavy atom. The highest BCUT2D eigenvalue weighted by Gasteiger charge is 2.05. The molecule has 0 unspecified atom stereocenters. The van der Waals surface area contributed by atoms with Gasteiger partial charge >= 0.3 is 0 Å². The van der Waals surface area contributed by atoms with Crippen LogP contribution in [0.2, 0.25) is 0 Å². The summed E-state index contributed by atoms with van der Waals surface area (Å²) in [7, 11) is 0. The summed E-state index contributed by atoms with van der Waals surface area (Å²) in [5.41, 5.74) is 6.36. The maximum absolute atomic E-state index is 5.55. The van der Waals surface area contributed by atoms with E-state index in [1.54, 1.807) is 6.26 Å². The van der Waals surface area contributed by atoms with Gasteiger partial charge in [0, 0.05) is 6.04 Å². The fourth-order valence-corrected chi connectivity index (χ4v) is 0.913. The second-order valence-corrected chi connectivity index (χ2v) is 2.79. The molecule has 0 aliphatic rings. The number of nitrogens with zero attached hydrogens (tertiary/aromatic N) is 1. The Morgan fingerprint density at radius 3 is 2.80 bits per heavy atom. The Bertz CT molecular complexity index is 209. The molecule has 0 aliphatic carbocycles. The van der Waals surface area contributed by atoms with Crippen LogP contribution in [0.3, 0.4) is 0 Å². The number of thioether (sulfide) groups is 1. The zero-order valence-corrected chi connectivity index (χ0v) is 6.81. The smallest absolute Gasteiger partial charge is 0.255 e. The molecule has 10 heavy (non-hydrogen) atoms. The Labute approximate surface area is 64.0 Å². The van der Waals surface area contributed by atoms with Crippen LogP contribution in [0.25, 0.3) is 0 Å². The summed E-state index contributed by atoms with van der Waals surface area (Å²) in [5.74, 6) is 0. The van der Waals surface area contributed by atoms with E-state index in [0.717, 1.165) is 5.69 Å². The molecule has 0 radical (unpaired) electrons. The first-order valence-corrected chi connectivity index (χ1v) is 4.21. The molecule has 0 saturated carbocycles. The zero-order valence-electron chi connectivity index (χ0n) is 6.00. The second kappa shape index (κ2) is 3.07. The molecule has 3 nitrogen and oxygen atoms in total. The molecule has 4 heteroatoms.